The topological polar surface area (TPSA) is 59.1 Å². The molecule has 0 aliphatic carbocycles. The first-order valence-corrected chi connectivity index (χ1v) is 7.43. The number of aryl methyl sites for hydroxylation is 1. The summed E-state index contributed by atoms with van der Waals surface area (Å²) in [5.41, 5.74) is 1.49. The van der Waals surface area contributed by atoms with Gasteiger partial charge in [0.1, 0.15) is 11.6 Å². The number of hydrogen-bond donors (Lipinski definition) is 2. The van der Waals surface area contributed by atoms with E-state index >= 15 is 0 Å². The van der Waals surface area contributed by atoms with Gasteiger partial charge in [0, 0.05) is 30.6 Å². The molecule has 0 amide bonds. The van der Waals surface area contributed by atoms with Gasteiger partial charge in [-0.25, -0.2) is 9.37 Å². The fraction of sp³-hybridized carbons (Fsp3) is 0.375. The average Bonchev–Trinajstić information content (AvgIpc) is 2.98. The smallest absolute Gasteiger partial charge is 0.224 e. The molecule has 1 saturated heterocycles. The lowest BCUT2D eigenvalue weighted by Crippen LogP contribution is -2.20. The molecule has 1 fully saturated rings. The van der Waals surface area contributed by atoms with Crippen LogP contribution in [0.1, 0.15) is 18.5 Å². The van der Waals surface area contributed by atoms with Gasteiger partial charge in [-0.05, 0) is 38.0 Å². The predicted molar refractivity (Wildman–Crippen MR) is 83.9 cm³/mol. The number of anilines is 3. The summed E-state index contributed by atoms with van der Waals surface area (Å²) in [4.78, 5) is 8.77. The van der Waals surface area contributed by atoms with Gasteiger partial charge in [0.2, 0.25) is 5.95 Å². The van der Waals surface area contributed by atoms with Crippen molar-refractivity contribution in [2.45, 2.75) is 25.9 Å². The molecular formula is C16H19FN4O. The molecule has 2 aromatic rings. The number of hydrogen-bond acceptors (Lipinski definition) is 5. The van der Waals surface area contributed by atoms with Crippen molar-refractivity contribution in [1.82, 2.24) is 9.97 Å². The zero-order chi connectivity index (χ0) is 15.4. The van der Waals surface area contributed by atoms with Crippen LogP contribution in [-0.2, 0) is 4.74 Å². The van der Waals surface area contributed by atoms with E-state index in [2.05, 4.69) is 20.6 Å². The Hall–Kier alpha value is -2.21. The van der Waals surface area contributed by atoms with Gasteiger partial charge < -0.3 is 15.4 Å². The summed E-state index contributed by atoms with van der Waals surface area (Å²) in [6.45, 7) is 3.42. The van der Waals surface area contributed by atoms with E-state index in [-0.39, 0.29) is 11.9 Å². The number of nitrogens with one attached hydrogen (secondary N) is 2. The van der Waals surface area contributed by atoms with Crippen LogP contribution in [0.3, 0.4) is 0 Å². The van der Waals surface area contributed by atoms with Gasteiger partial charge >= 0.3 is 0 Å². The van der Waals surface area contributed by atoms with Gasteiger partial charge in [-0.3, -0.25) is 0 Å². The second-order valence-electron chi connectivity index (χ2n) is 5.37. The lowest BCUT2D eigenvalue weighted by Gasteiger charge is -2.12. The van der Waals surface area contributed by atoms with Crippen molar-refractivity contribution in [1.29, 1.82) is 0 Å². The van der Waals surface area contributed by atoms with Gasteiger partial charge in [0.15, 0.2) is 0 Å². The predicted octanol–water partition coefficient (Wildman–Crippen LogP) is 3.26. The zero-order valence-electron chi connectivity index (χ0n) is 12.5. The minimum Gasteiger partial charge on any atom is -0.376 e. The summed E-state index contributed by atoms with van der Waals surface area (Å²) in [6, 6.07) is 8.10. The number of benzene rings is 1. The van der Waals surface area contributed by atoms with E-state index in [0.29, 0.717) is 24.0 Å². The number of halogens is 1. The van der Waals surface area contributed by atoms with Crippen molar-refractivity contribution >= 4 is 17.5 Å². The summed E-state index contributed by atoms with van der Waals surface area (Å²) >= 11 is 0. The lowest BCUT2D eigenvalue weighted by atomic mass is 10.2. The molecule has 2 heterocycles. The maximum Gasteiger partial charge on any atom is 0.224 e. The minimum atomic E-state index is -0.285. The number of nitrogens with zero attached hydrogens (tertiary/aromatic N) is 2. The molecule has 6 heteroatoms. The van der Waals surface area contributed by atoms with Crippen LogP contribution in [0.4, 0.5) is 21.8 Å². The average molecular weight is 302 g/mol. The summed E-state index contributed by atoms with van der Waals surface area (Å²) in [6.07, 6.45) is 2.39. The highest BCUT2D eigenvalue weighted by molar-refractivity contribution is 5.57. The van der Waals surface area contributed by atoms with Crippen LogP contribution in [0.25, 0.3) is 0 Å². The molecule has 1 aliphatic heterocycles. The van der Waals surface area contributed by atoms with Gasteiger partial charge in [-0.15, -0.1) is 0 Å². The van der Waals surface area contributed by atoms with Crippen molar-refractivity contribution in [2.24, 2.45) is 0 Å². The quantitative estimate of drug-likeness (QED) is 0.888. The Bertz CT molecular complexity index is 644. The second-order valence-corrected chi connectivity index (χ2v) is 5.37. The Labute approximate surface area is 128 Å². The van der Waals surface area contributed by atoms with E-state index in [1.165, 1.54) is 12.1 Å². The Morgan fingerprint density at radius 1 is 1.32 bits per heavy atom. The fourth-order valence-corrected chi connectivity index (χ4v) is 2.44. The molecular weight excluding hydrogens is 283 g/mol. The molecule has 1 aromatic carbocycles. The Balaban J connectivity index is 1.68. The molecule has 1 aliphatic rings. The van der Waals surface area contributed by atoms with Crippen molar-refractivity contribution in [3.63, 3.8) is 0 Å². The van der Waals surface area contributed by atoms with Gasteiger partial charge in [0.05, 0.1) is 6.10 Å². The van der Waals surface area contributed by atoms with E-state index in [9.17, 15) is 4.39 Å². The summed E-state index contributed by atoms with van der Waals surface area (Å²) < 4.78 is 18.8. The summed E-state index contributed by atoms with van der Waals surface area (Å²) in [5.74, 6) is 0.898. The molecule has 22 heavy (non-hydrogen) atoms. The molecule has 1 aromatic heterocycles. The first-order valence-electron chi connectivity index (χ1n) is 7.43. The Morgan fingerprint density at radius 3 is 3.00 bits per heavy atom. The van der Waals surface area contributed by atoms with Crippen LogP contribution in [0.2, 0.25) is 0 Å². The molecule has 5 nitrogen and oxygen atoms in total. The van der Waals surface area contributed by atoms with Crippen LogP contribution in [-0.4, -0.2) is 29.2 Å². The number of rotatable bonds is 5. The maximum absolute atomic E-state index is 13.2. The number of ether oxygens (including phenoxy) is 1. The van der Waals surface area contributed by atoms with Crippen LogP contribution >= 0.6 is 0 Å². The minimum absolute atomic E-state index is 0.226. The molecule has 0 saturated carbocycles. The van der Waals surface area contributed by atoms with E-state index in [4.69, 9.17) is 4.74 Å². The van der Waals surface area contributed by atoms with E-state index < -0.39 is 0 Å². The van der Waals surface area contributed by atoms with Gasteiger partial charge in [-0.2, -0.15) is 4.98 Å². The van der Waals surface area contributed by atoms with Crippen LogP contribution < -0.4 is 10.6 Å². The summed E-state index contributed by atoms with van der Waals surface area (Å²) in [7, 11) is 0. The van der Waals surface area contributed by atoms with Crippen LogP contribution in [0.5, 0.6) is 0 Å². The van der Waals surface area contributed by atoms with Crippen LogP contribution in [0.15, 0.2) is 30.3 Å². The molecule has 1 unspecified atom stereocenters. The summed E-state index contributed by atoms with van der Waals surface area (Å²) in [5, 5.41) is 6.30. The standard InChI is InChI=1S/C16H19FN4O/c1-11-8-15(20-13-5-2-4-12(17)9-13)21-16(19-11)18-10-14-6-3-7-22-14/h2,4-5,8-9,14H,3,6-7,10H2,1H3,(H2,18,19,20,21). The van der Waals surface area contributed by atoms with E-state index in [1.54, 1.807) is 12.1 Å². The molecule has 0 bridgehead atoms. The van der Waals surface area contributed by atoms with Crippen LogP contribution in [0, 0.1) is 12.7 Å². The maximum atomic E-state index is 13.2. The van der Waals surface area contributed by atoms with Crippen molar-refractivity contribution < 1.29 is 9.13 Å². The number of aromatic nitrogens is 2. The third-order valence-corrected chi connectivity index (χ3v) is 3.46. The van der Waals surface area contributed by atoms with E-state index in [0.717, 1.165) is 25.1 Å². The van der Waals surface area contributed by atoms with Gasteiger partial charge in [0.25, 0.3) is 0 Å². The molecule has 2 N–H and O–H groups in total. The normalized spacial score (nSPS) is 17.5. The van der Waals surface area contributed by atoms with Crippen molar-refractivity contribution in [2.75, 3.05) is 23.8 Å². The first kappa shape index (κ1) is 14.7. The van der Waals surface area contributed by atoms with Gasteiger partial charge in [-0.1, -0.05) is 6.07 Å². The second kappa shape index (κ2) is 6.70. The lowest BCUT2D eigenvalue weighted by molar-refractivity contribution is 0.120. The SMILES string of the molecule is Cc1cc(Nc2cccc(F)c2)nc(NCC2CCCO2)n1. The van der Waals surface area contributed by atoms with Crippen molar-refractivity contribution in [3.05, 3.63) is 41.8 Å². The zero-order valence-corrected chi connectivity index (χ0v) is 12.5. The molecule has 116 valence electrons. The fourth-order valence-electron chi connectivity index (χ4n) is 2.44. The molecule has 0 spiro atoms. The molecule has 3 rings (SSSR count). The highest BCUT2D eigenvalue weighted by Crippen LogP contribution is 2.18. The third kappa shape index (κ3) is 3.92. The monoisotopic (exact) mass is 302 g/mol. The largest absolute Gasteiger partial charge is 0.376 e. The highest BCUT2D eigenvalue weighted by atomic mass is 19.1. The van der Waals surface area contributed by atoms with E-state index in [1.807, 2.05) is 13.0 Å². The highest BCUT2D eigenvalue weighted by Gasteiger charge is 2.15. The van der Waals surface area contributed by atoms with Crippen molar-refractivity contribution in [3.8, 4) is 0 Å². The third-order valence-electron chi connectivity index (χ3n) is 3.46. The molecule has 0 radical (unpaired) electrons. The first-order chi connectivity index (χ1) is 10.7. The Morgan fingerprint density at radius 2 is 2.23 bits per heavy atom. The molecule has 1 atom stereocenters. The Kier molecular flexibility index (Phi) is 4.48.